The molecule has 0 saturated heterocycles. The van der Waals surface area contributed by atoms with Crippen molar-refractivity contribution < 1.29 is 24.8 Å². The smallest absolute Gasteiger partial charge is 0.307 e. The zero-order valence-corrected chi connectivity index (χ0v) is 9.39. The molecular formula is C10H19NO5. The van der Waals surface area contributed by atoms with Gasteiger partial charge in [-0.3, -0.25) is 14.8 Å². The third-order valence-electron chi connectivity index (χ3n) is 2.64. The van der Waals surface area contributed by atoms with Crippen LogP contribution in [-0.2, 0) is 14.5 Å². The van der Waals surface area contributed by atoms with Gasteiger partial charge in [-0.25, -0.2) is 4.89 Å². The largest absolute Gasteiger partial charge is 0.481 e. The number of hydrogen-bond donors (Lipinski definition) is 3. The highest BCUT2D eigenvalue weighted by molar-refractivity contribution is 5.81. The van der Waals surface area contributed by atoms with E-state index in [0.717, 1.165) is 0 Å². The molecule has 0 aromatic carbocycles. The fraction of sp³-hybridized carbons (Fsp3) is 0.800. The summed E-state index contributed by atoms with van der Waals surface area (Å²) < 4.78 is 0. The van der Waals surface area contributed by atoms with Crippen LogP contribution in [0.1, 0.15) is 32.6 Å². The molecule has 0 saturated carbocycles. The predicted molar refractivity (Wildman–Crippen MR) is 56.5 cm³/mol. The molecule has 0 aliphatic rings. The van der Waals surface area contributed by atoms with Gasteiger partial charge in [0.25, 0.3) is 0 Å². The summed E-state index contributed by atoms with van der Waals surface area (Å²) in [5.41, 5.74) is 5.01. The van der Waals surface area contributed by atoms with Crippen molar-refractivity contribution in [1.29, 1.82) is 0 Å². The lowest BCUT2D eigenvalue weighted by Crippen LogP contribution is -2.29. The van der Waals surface area contributed by atoms with Crippen LogP contribution in [0.5, 0.6) is 0 Å². The highest BCUT2D eigenvalue weighted by Gasteiger charge is 2.28. The van der Waals surface area contributed by atoms with Crippen molar-refractivity contribution in [1.82, 2.24) is 0 Å². The molecule has 2 atom stereocenters. The van der Waals surface area contributed by atoms with Gasteiger partial charge in [-0.15, -0.1) is 0 Å². The zero-order chi connectivity index (χ0) is 12.6. The standard InChI is InChI=1S/C10H19NO5/c1-2-7(4-3-5-16-15)8(10(13)14)6-9(11)12/h7-8,15H,2-6H2,1H3,(H2,11,12)(H,13,14). The minimum Gasteiger partial charge on any atom is -0.481 e. The van der Waals surface area contributed by atoms with E-state index >= 15 is 0 Å². The Morgan fingerprint density at radius 1 is 1.44 bits per heavy atom. The van der Waals surface area contributed by atoms with Crippen LogP contribution in [0.25, 0.3) is 0 Å². The molecule has 1 amide bonds. The molecule has 0 aromatic heterocycles. The van der Waals surface area contributed by atoms with E-state index in [9.17, 15) is 9.59 Å². The first-order valence-electron chi connectivity index (χ1n) is 5.30. The topological polar surface area (TPSA) is 110 Å². The van der Waals surface area contributed by atoms with E-state index in [1.54, 1.807) is 0 Å². The lowest BCUT2D eigenvalue weighted by Gasteiger charge is -2.21. The number of hydrogen-bond acceptors (Lipinski definition) is 4. The summed E-state index contributed by atoms with van der Waals surface area (Å²) in [5, 5.41) is 17.1. The molecule has 0 aliphatic carbocycles. The normalized spacial score (nSPS) is 14.4. The summed E-state index contributed by atoms with van der Waals surface area (Å²) in [7, 11) is 0. The molecule has 6 heteroatoms. The van der Waals surface area contributed by atoms with E-state index in [1.165, 1.54) is 0 Å². The van der Waals surface area contributed by atoms with Gasteiger partial charge in [0.15, 0.2) is 0 Å². The van der Waals surface area contributed by atoms with Crippen molar-refractivity contribution in [2.24, 2.45) is 17.6 Å². The maximum atomic E-state index is 11.0. The number of amides is 1. The molecule has 0 fully saturated rings. The van der Waals surface area contributed by atoms with E-state index in [-0.39, 0.29) is 18.9 Å². The number of primary amides is 1. The van der Waals surface area contributed by atoms with Gasteiger partial charge in [0, 0.05) is 6.42 Å². The first-order valence-corrected chi connectivity index (χ1v) is 5.30. The van der Waals surface area contributed by atoms with Gasteiger partial charge in [0.2, 0.25) is 5.91 Å². The second-order valence-corrected chi connectivity index (χ2v) is 3.76. The minimum atomic E-state index is -1.00. The zero-order valence-electron chi connectivity index (χ0n) is 9.39. The fourth-order valence-electron chi connectivity index (χ4n) is 1.77. The Morgan fingerprint density at radius 3 is 2.44 bits per heavy atom. The average Bonchev–Trinajstić information content (AvgIpc) is 2.21. The Kier molecular flexibility index (Phi) is 7.49. The number of rotatable bonds is 9. The summed E-state index contributed by atoms with van der Waals surface area (Å²) in [6.45, 7) is 2.03. The van der Waals surface area contributed by atoms with Crippen LogP contribution in [-0.4, -0.2) is 28.8 Å². The minimum absolute atomic E-state index is 0.125. The van der Waals surface area contributed by atoms with Gasteiger partial charge in [0.05, 0.1) is 12.5 Å². The monoisotopic (exact) mass is 233 g/mol. The fourth-order valence-corrected chi connectivity index (χ4v) is 1.77. The predicted octanol–water partition coefficient (Wildman–Crippen LogP) is 0.859. The van der Waals surface area contributed by atoms with E-state index in [1.807, 2.05) is 6.92 Å². The highest BCUT2D eigenvalue weighted by Crippen LogP contribution is 2.24. The third kappa shape index (κ3) is 5.67. The first kappa shape index (κ1) is 14.9. The molecule has 94 valence electrons. The summed E-state index contributed by atoms with van der Waals surface area (Å²) in [5.74, 6) is -2.49. The van der Waals surface area contributed by atoms with Crippen LogP contribution in [0.2, 0.25) is 0 Å². The molecule has 4 N–H and O–H groups in total. The molecule has 0 aromatic rings. The van der Waals surface area contributed by atoms with Gasteiger partial charge in [-0.1, -0.05) is 13.3 Å². The van der Waals surface area contributed by atoms with Crippen LogP contribution in [0.3, 0.4) is 0 Å². The second kappa shape index (κ2) is 8.06. The van der Waals surface area contributed by atoms with Crippen molar-refractivity contribution in [3.05, 3.63) is 0 Å². The number of carboxylic acids is 1. The second-order valence-electron chi connectivity index (χ2n) is 3.76. The van der Waals surface area contributed by atoms with Crippen molar-refractivity contribution in [2.75, 3.05) is 6.61 Å². The summed E-state index contributed by atoms with van der Waals surface area (Å²) >= 11 is 0. The van der Waals surface area contributed by atoms with Crippen molar-refractivity contribution in [2.45, 2.75) is 32.6 Å². The molecule has 0 spiro atoms. The van der Waals surface area contributed by atoms with Crippen LogP contribution in [0.4, 0.5) is 0 Å². The quantitative estimate of drug-likeness (QED) is 0.311. The Balaban J connectivity index is 4.33. The lowest BCUT2D eigenvalue weighted by atomic mass is 9.84. The summed E-state index contributed by atoms with van der Waals surface area (Å²) in [6, 6.07) is 0. The molecule has 0 heterocycles. The van der Waals surface area contributed by atoms with Crippen LogP contribution >= 0.6 is 0 Å². The summed E-state index contributed by atoms with van der Waals surface area (Å²) in [6.07, 6.45) is 1.64. The van der Waals surface area contributed by atoms with Gasteiger partial charge in [-0.05, 0) is 18.8 Å². The van der Waals surface area contributed by atoms with Crippen molar-refractivity contribution in [3.8, 4) is 0 Å². The number of carbonyl (C=O) groups is 2. The Morgan fingerprint density at radius 2 is 2.06 bits per heavy atom. The molecule has 0 rings (SSSR count). The number of carbonyl (C=O) groups excluding carboxylic acids is 1. The summed E-state index contributed by atoms with van der Waals surface area (Å²) in [4.78, 5) is 25.7. The maximum Gasteiger partial charge on any atom is 0.307 e. The average molecular weight is 233 g/mol. The SMILES string of the molecule is CCC(CCCOO)C(CC(N)=O)C(=O)O. The molecule has 0 radical (unpaired) electrons. The van der Waals surface area contributed by atoms with Gasteiger partial charge in [-0.2, -0.15) is 0 Å². The van der Waals surface area contributed by atoms with E-state index in [0.29, 0.717) is 19.3 Å². The molecular weight excluding hydrogens is 214 g/mol. The van der Waals surface area contributed by atoms with Gasteiger partial charge < -0.3 is 10.8 Å². The lowest BCUT2D eigenvalue weighted by molar-refractivity contribution is -0.243. The van der Waals surface area contributed by atoms with Crippen molar-refractivity contribution >= 4 is 11.9 Å². The van der Waals surface area contributed by atoms with Crippen LogP contribution in [0, 0.1) is 11.8 Å². The van der Waals surface area contributed by atoms with Crippen LogP contribution < -0.4 is 5.73 Å². The third-order valence-corrected chi connectivity index (χ3v) is 2.64. The number of nitrogens with two attached hydrogens (primary N) is 1. The van der Waals surface area contributed by atoms with Crippen LogP contribution in [0.15, 0.2) is 0 Å². The molecule has 6 nitrogen and oxygen atoms in total. The molecule has 0 aliphatic heterocycles. The highest BCUT2D eigenvalue weighted by atomic mass is 17.1. The Hall–Kier alpha value is -1.14. The van der Waals surface area contributed by atoms with Gasteiger partial charge >= 0.3 is 5.97 Å². The van der Waals surface area contributed by atoms with Gasteiger partial charge in [0.1, 0.15) is 0 Å². The van der Waals surface area contributed by atoms with Crippen molar-refractivity contribution in [3.63, 3.8) is 0 Å². The maximum absolute atomic E-state index is 11.0. The number of aliphatic carboxylic acids is 1. The number of carboxylic acid groups (broad SMARTS) is 1. The Labute approximate surface area is 94.3 Å². The molecule has 0 bridgehead atoms. The Bertz CT molecular complexity index is 231. The molecule has 16 heavy (non-hydrogen) atoms. The first-order chi connectivity index (χ1) is 7.52. The van der Waals surface area contributed by atoms with E-state index < -0.39 is 17.8 Å². The van der Waals surface area contributed by atoms with E-state index in [4.69, 9.17) is 16.1 Å². The molecule has 2 unspecified atom stereocenters. The van der Waals surface area contributed by atoms with E-state index in [2.05, 4.69) is 4.89 Å².